The van der Waals surface area contributed by atoms with Gasteiger partial charge in [-0.2, -0.15) is 0 Å². The van der Waals surface area contributed by atoms with Crippen LogP contribution in [0.4, 0.5) is 0 Å². The second kappa shape index (κ2) is 4.00. The molecule has 0 aromatic rings. The van der Waals surface area contributed by atoms with Crippen LogP contribution in [-0.4, -0.2) is 5.54 Å². The molecule has 0 aromatic carbocycles. The summed E-state index contributed by atoms with van der Waals surface area (Å²) >= 11 is 0. The van der Waals surface area contributed by atoms with E-state index < -0.39 is 0 Å². The number of hydrogen-bond acceptors (Lipinski definition) is 1. The Balaban J connectivity index is 2.52. The van der Waals surface area contributed by atoms with Gasteiger partial charge in [0.05, 0.1) is 0 Å². The van der Waals surface area contributed by atoms with Crippen LogP contribution >= 0.6 is 0 Å². The summed E-state index contributed by atoms with van der Waals surface area (Å²) in [5.41, 5.74) is 6.29. The predicted molar refractivity (Wildman–Crippen MR) is 58.6 cm³/mol. The minimum Gasteiger partial charge on any atom is -0.325 e. The Bertz CT molecular complexity index is 153. The van der Waals surface area contributed by atoms with Crippen LogP contribution in [0.5, 0.6) is 0 Å². The fourth-order valence-corrected chi connectivity index (χ4v) is 2.60. The third kappa shape index (κ3) is 2.70. The zero-order valence-electron chi connectivity index (χ0n) is 9.64. The summed E-state index contributed by atoms with van der Waals surface area (Å²) in [6.07, 6.45) is 5.13. The van der Waals surface area contributed by atoms with Crippen molar-refractivity contribution in [1.82, 2.24) is 0 Å². The SMILES string of the molecule is CCC(C)(N)CC1C(C)CCC1C. The molecular formula is C12H25N. The Morgan fingerprint density at radius 3 is 2.08 bits per heavy atom. The summed E-state index contributed by atoms with van der Waals surface area (Å²) in [4.78, 5) is 0. The van der Waals surface area contributed by atoms with Gasteiger partial charge in [0, 0.05) is 5.54 Å². The van der Waals surface area contributed by atoms with E-state index in [-0.39, 0.29) is 5.54 Å². The van der Waals surface area contributed by atoms with Crippen molar-refractivity contribution in [2.24, 2.45) is 23.5 Å². The lowest BCUT2D eigenvalue weighted by Crippen LogP contribution is -2.38. The van der Waals surface area contributed by atoms with Crippen LogP contribution in [-0.2, 0) is 0 Å². The van der Waals surface area contributed by atoms with E-state index in [1.54, 1.807) is 0 Å². The summed E-state index contributed by atoms with van der Waals surface area (Å²) in [5.74, 6) is 2.66. The third-order valence-electron chi connectivity index (χ3n) is 4.05. The van der Waals surface area contributed by atoms with Crippen molar-refractivity contribution in [2.75, 3.05) is 0 Å². The summed E-state index contributed by atoms with van der Waals surface area (Å²) in [5, 5.41) is 0. The van der Waals surface area contributed by atoms with Gasteiger partial charge in [-0.3, -0.25) is 0 Å². The Morgan fingerprint density at radius 1 is 1.23 bits per heavy atom. The van der Waals surface area contributed by atoms with E-state index in [1.807, 2.05) is 0 Å². The minimum absolute atomic E-state index is 0.0670. The van der Waals surface area contributed by atoms with Gasteiger partial charge in [0.1, 0.15) is 0 Å². The molecule has 0 radical (unpaired) electrons. The average molecular weight is 183 g/mol. The molecule has 0 aliphatic heterocycles. The number of nitrogens with two attached hydrogens (primary N) is 1. The molecule has 1 rings (SSSR count). The van der Waals surface area contributed by atoms with E-state index in [2.05, 4.69) is 27.7 Å². The summed E-state index contributed by atoms with van der Waals surface area (Å²) in [6, 6.07) is 0. The molecule has 1 saturated carbocycles. The molecular weight excluding hydrogens is 158 g/mol. The van der Waals surface area contributed by atoms with Crippen LogP contribution in [0, 0.1) is 17.8 Å². The first kappa shape index (κ1) is 11.0. The molecule has 0 saturated heterocycles. The number of rotatable bonds is 3. The van der Waals surface area contributed by atoms with Crippen molar-refractivity contribution in [3.8, 4) is 0 Å². The summed E-state index contributed by atoms with van der Waals surface area (Å²) in [7, 11) is 0. The maximum atomic E-state index is 6.22. The first-order valence-electron chi connectivity index (χ1n) is 5.75. The predicted octanol–water partition coefficient (Wildman–Crippen LogP) is 3.19. The Labute approximate surface area is 83.1 Å². The first-order valence-corrected chi connectivity index (χ1v) is 5.75. The van der Waals surface area contributed by atoms with Crippen molar-refractivity contribution < 1.29 is 0 Å². The molecule has 3 unspecified atom stereocenters. The van der Waals surface area contributed by atoms with Gasteiger partial charge in [-0.25, -0.2) is 0 Å². The molecule has 3 atom stereocenters. The molecule has 0 bridgehead atoms. The lowest BCUT2D eigenvalue weighted by molar-refractivity contribution is 0.246. The van der Waals surface area contributed by atoms with Gasteiger partial charge in [-0.15, -0.1) is 0 Å². The third-order valence-corrected chi connectivity index (χ3v) is 4.05. The van der Waals surface area contributed by atoms with E-state index in [0.29, 0.717) is 0 Å². The zero-order valence-corrected chi connectivity index (χ0v) is 9.64. The van der Waals surface area contributed by atoms with Crippen LogP contribution < -0.4 is 5.73 Å². The van der Waals surface area contributed by atoms with Gasteiger partial charge in [0.2, 0.25) is 0 Å². The standard InChI is InChI=1S/C12H25N/c1-5-12(4,13)8-11-9(2)6-7-10(11)3/h9-11H,5-8,13H2,1-4H3. The topological polar surface area (TPSA) is 26.0 Å². The summed E-state index contributed by atoms with van der Waals surface area (Å²) < 4.78 is 0. The van der Waals surface area contributed by atoms with Crippen molar-refractivity contribution in [3.63, 3.8) is 0 Å². The Kier molecular flexibility index (Phi) is 3.39. The van der Waals surface area contributed by atoms with Crippen LogP contribution in [0.2, 0.25) is 0 Å². The fraction of sp³-hybridized carbons (Fsp3) is 1.00. The largest absolute Gasteiger partial charge is 0.325 e. The molecule has 1 aliphatic rings. The van der Waals surface area contributed by atoms with Crippen LogP contribution in [0.1, 0.15) is 53.4 Å². The smallest absolute Gasteiger partial charge is 0.0126 e. The van der Waals surface area contributed by atoms with E-state index >= 15 is 0 Å². The second-order valence-electron chi connectivity index (χ2n) is 5.41. The molecule has 0 spiro atoms. The quantitative estimate of drug-likeness (QED) is 0.714. The summed E-state index contributed by atoms with van der Waals surface area (Å²) in [6.45, 7) is 9.18. The molecule has 1 heteroatoms. The van der Waals surface area contributed by atoms with E-state index in [1.165, 1.54) is 19.3 Å². The molecule has 13 heavy (non-hydrogen) atoms. The van der Waals surface area contributed by atoms with Gasteiger partial charge in [-0.05, 0) is 37.5 Å². The molecule has 1 nitrogen and oxygen atoms in total. The average Bonchev–Trinajstić information content (AvgIpc) is 2.36. The van der Waals surface area contributed by atoms with Gasteiger partial charge in [0.15, 0.2) is 0 Å². The van der Waals surface area contributed by atoms with Crippen molar-refractivity contribution in [2.45, 2.75) is 58.9 Å². The minimum atomic E-state index is 0.0670. The van der Waals surface area contributed by atoms with Crippen molar-refractivity contribution in [1.29, 1.82) is 0 Å². The lowest BCUT2D eigenvalue weighted by Gasteiger charge is -2.30. The molecule has 0 heterocycles. The first-order chi connectivity index (χ1) is 5.96. The highest BCUT2D eigenvalue weighted by molar-refractivity contribution is 4.88. The van der Waals surface area contributed by atoms with E-state index in [9.17, 15) is 0 Å². The highest BCUT2D eigenvalue weighted by atomic mass is 14.7. The maximum Gasteiger partial charge on any atom is 0.0126 e. The van der Waals surface area contributed by atoms with Crippen LogP contribution in [0.15, 0.2) is 0 Å². The highest BCUT2D eigenvalue weighted by Crippen LogP contribution is 2.40. The van der Waals surface area contributed by atoms with Crippen molar-refractivity contribution in [3.05, 3.63) is 0 Å². The Hall–Kier alpha value is -0.0400. The monoisotopic (exact) mass is 183 g/mol. The fourth-order valence-electron chi connectivity index (χ4n) is 2.60. The lowest BCUT2D eigenvalue weighted by atomic mass is 9.79. The van der Waals surface area contributed by atoms with Crippen LogP contribution in [0.3, 0.4) is 0 Å². The van der Waals surface area contributed by atoms with Crippen molar-refractivity contribution >= 4 is 0 Å². The van der Waals surface area contributed by atoms with Gasteiger partial charge < -0.3 is 5.73 Å². The van der Waals surface area contributed by atoms with Gasteiger partial charge in [0.25, 0.3) is 0 Å². The highest BCUT2D eigenvalue weighted by Gasteiger charge is 2.34. The molecule has 0 amide bonds. The molecule has 2 N–H and O–H groups in total. The van der Waals surface area contributed by atoms with Gasteiger partial charge >= 0.3 is 0 Å². The zero-order chi connectivity index (χ0) is 10.1. The molecule has 0 aromatic heterocycles. The van der Waals surface area contributed by atoms with E-state index in [0.717, 1.165) is 24.2 Å². The van der Waals surface area contributed by atoms with Gasteiger partial charge in [-0.1, -0.05) is 33.6 Å². The Morgan fingerprint density at radius 2 is 1.69 bits per heavy atom. The maximum absolute atomic E-state index is 6.22. The van der Waals surface area contributed by atoms with E-state index in [4.69, 9.17) is 5.73 Å². The molecule has 1 aliphatic carbocycles. The second-order valence-corrected chi connectivity index (χ2v) is 5.41. The molecule has 1 fully saturated rings. The van der Waals surface area contributed by atoms with Crippen LogP contribution in [0.25, 0.3) is 0 Å². The normalized spacial score (nSPS) is 39.0. The molecule has 78 valence electrons. The number of hydrogen-bond donors (Lipinski definition) is 1.